The van der Waals surface area contributed by atoms with E-state index in [-0.39, 0.29) is 29.8 Å². The Morgan fingerprint density at radius 1 is 1.24 bits per heavy atom. The maximum atomic E-state index is 12.2. The van der Waals surface area contributed by atoms with E-state index in [4.69, 9.17) is 5.73 Å². The van der Waals surface area contributed by atoms with Gasteiger partial charge >= 0.3 is 0 Å². The second-order valence-electron chi connectivity index (χ2n) is 7.62. The molecule has 1 saturated heterocycles. The van der Waals surface area contributed by atoms with E-state index in [9.17, 15) is 4.79 Å². The highest BCUT2D eigenvalue weighted by Crippen LogP contribution is 2.27. The molecule has 2 fully saturated rings. The number of hydrogen-bond acceptors (Lipinski definition) is 3. The van der Waals surface area contributed by atoms with Crippen LogP contribution in [0.15, 0.2) is 0 Å². The number of hydrogen-bond donors (Lipinski definition) is 2. The molecule has 0 radical (unpaired) electrons. The SMILES string of the molecule is CC1CCC(NC(=O)CN2CCC(N)C(C)(C)C2)CC1.Cl. The van der Waals surface area contributed by atoms with Crippen molar-refractivity contribution < 1.29 is 4.79 Å². The molecule has 0 aromatic carbocycles. The third kappa shape index (κ3) is 5.42. The summed E-state index contributed by atoms with van der Waals surface area (Å²) in [5.41, 5.74) is 6.25. The molecule has 0 aromatic rings. The van der Waals surface area contributed by atoms with Gasteiger partial charge < -0.3 is 11.1 Å². The maximum Gasteiger partial charge on any atom is 0.234 e. The number of halogens is 1. The highest BCUT2D eigenvalue weighted by Gasteiger charge is 2.34. The van der Waals surface area contributed by atoms with E-state index >= 15 is 0 Å². The molecule has 1 aliphatic carbocycles. The molecule has 1 aliphatic heterocycles. The Morgan fingerprint density at radius 3 is 2.43 bits per heavy atom. The van der Waals surface area contributed by atoms with Crippen molar-refractivity contribution in [1.82, 2.24) is 10.2 Å². The number of nitrogens with zero attached hydrogens (tertiary/aromatic N) is 1. The fourth-order valence-electron chi connectivity index (χ4n) is 3.50. The van der Waals surface area contributed by atoms with E-state index < -0.39 is 0 Å². The molecular formula is C16H32ClN3O. The monoisotopic (exact) mass is 317 g/mol. The molecule has 124 valence electrons. The van der Waals surface area contributed by atoms with Crippen LogP contribution in [0.25, 0.3) is 0 Å². The van der Waals surface area contributed by atoms with Crippen molar-refractivity contribution in [3.63, 3.8) is 0 Å². The first-order valence-corrected chi connectivity index (χ1v) is 8.14. The van der Waals surface area contributed by atoms with E-state index in [1.165, 1.54) is 12.8 Å². The number of carbonyl (C=O) groups excluding carboxylic acids is 1. The van der Waals surface area contributed by atoms with Gasteiger partial charge in [0.25, 0.3) is 0 Å². The Hall–Kier alpha value is -0.320. The van der Waals surface area contributed by atoms with Crippen molar-refractivity contribution >= 4 is 18.3 Å². The van der Waals surface area contributed by atoms with Gasteiger partial charge in [0.1, 0.15) is 0 Å². The smallest absolute Gasteiger partial charge is 0.234 e. The highest BCUT2D eigenvalue weighted by atomic mass is 35.5. The molecule has 2 aliphatic rings. The molecule has 21 heavy (non-hydrogen) atoms. The van der Waals surface area contributed by atoms with Crippen LogP contribution in [0.1, 0.15) is 52.9 Å². The van der Waals surface area contributed by atoms with Gasteiger partial charge in [0.15, 0.2) is 0 Å². The number of likely N-dealkylation sites (tertiary alicyclic amines) is 1. The van der Waals surface area contributed by atoms with Gasteiger partial charge in [-0.15, -0.1) is 12.4 Å². The lowest BCUT2D eigenvalue weighted by molar-refractivity contribution is -0.124. The molecule has 0 aromatic heterocycles. The molecule has 1 unspecified atom stereocenters. The van der Waals surface area contributed by atoms with Crippen LogP contribution in [-0.4, -0.2) is 42.5 Å². The third-order valence-corrected chi connectivity index (χ3v) is 5.14. The van der Waals surface area contributed by atoms with Crippen LogP contribution in [-0.2, 0) is 4.79 Å². The van der Waals surface area contributed by atoms with Gasteiger partial charge in [-0.3, -0.25) is 9.69 Å². The minimum Gasteiger partial charge on any atom is -0.352 e. The summed E-state index contributed by atoms with van der Waals surface area (Å²) in [6.07, 6.45) is 5.76. The van der Waals surface area contributed by atoms with Gasteiger partial charge in [0.05, 0.1) is 6.54 Å². The Kier molecular flexibility index (Phi) is 6.95. The molecular weight excluding hydrogens is 286 g/mol. The average Bonchev–Trinajstić information content (AvgIpc) is 2.36. The van der Waals surface area contributed by atoms with Crippen molar-refractivity contribution in [2.45, 2.75) is 65.0 Å². The average molecular weight is 318 g/mol. The summed E-state index contributed by atoms with van der Waals surface area (Å²) in [7, 11) is 0. The van der Waals surface area contributed by atoms with Gasteiger partial charge in [-0.25, -0.2) is 0 Å². The van der Waals surface area contributed by atoms with Gasteiger partial charge in [0, 0.05) is 25.2 Å². The van der Waals surface area contributed by atoms with Crippen LogP contribution in [0, 0.1) is 11.3 Å². The standard InChI is InChI=1S/C16H31N3O.ClH/c1-12-4-6-13(7-5-12)18-15(20)10-19-9-8-14(17)16(2,3)11-19;/h12-14H,4-11,17H2,1-3H3,(H,18,20);1H. The molecule has 3 N–H and O–H groups in total. The van der Waals surface area contributed by atoms with Crippen LogP contribution in [0.4, 0.5) is 0 Å². The normalized spacial score (nSPS) is 33.0. The molecule has 1 heterocycles. The summed E-state index contributed by atoms with van der Waals surface area (Å²) >= 11 is 0. The molecule has 0 bridgehead atoms. The molecule has 1 atom stereocenters. The van der Waals surface area contributed by atoms with Crippen molar-refractivity contribution in [2.75, 3.05) is 19.6 Å². The lowest BCUT2D eigenvalue weighted by atomic mass is 9.80. The second kappa shape index (κ2) is 7.80. The second-order valence-corrected chi connectivity index (χ2v) is 7.62. The zero-order valence-corrected chi connectivity index (χ0v) is 14.5. The zero-order valence-electron chi connectivity index (χ0n) is 13.7. The number of nitrogens with two attached hydrogens (primary N) is 1. The summed E-state index contributed by atoms with van der Waals surface area (Å²) in [6, 6.07) is 0.653. The highest BCUT2D eigenvalue weighted by molar-refractivity contribution is 5.85. The molecule has 5 heteroatoms. The summed E-state index contributed by atoms with van der Waals surface area (Å²) in [5, 5.41) is 3.21. The van der Waals surface area contributed by atoms with E-state index in [1.807, 2.05) is 0 Å². The topological polar surface area (TPSA) is 58.4 Å². The van der Waals surface area contributed by atoms with Gasteiger partial charge in [0.2, 0.25) is 5.91 Å². The van der Waals surface area contributed by atoms with Crippen molar-refractivity contribution in [3.05, 3.63) is 0 Å². The van der Waals surface area contributed by atoms with Crippen molar-refractivity contribution in [1.29, 1.82) is 0 Å². The number of nitrogens with one attached hydrogen (secondary N) is 1. The first kappa shape index (κ1) is 18.7. The van der Waals surface area contributed by atoms with Crippen LogP contribution < -0.4 is 11.1 Å². The summed E-state index contributed by atoms with van der Waals surface area (Å²) in [5.74, 6) is 1.02. The minimum absolute atomic E-state index is 0. The Balaban J connectivity index is 0.00000220. The quantitative estimate of drug-likeness (QED) is 0.838. The van der Waals surface area contributed by atoms with Crippen molar-refractivity contribution in [3.8, 4) is 0 Å². The lowest BCUT2D eigenvalue weighted by Crippen LogP contribution is -2.54. The number of piperidine rings is 1. The third-order valence-electron chi connectivity index (χ3n) is 5.14. The predicted octanol–water partition coefficient (Wildman–Crippen LogP) is 2.16. The Bertz CT molecular complexity index is 340. The van der Waals surface area contributed by atoms with Gasteiger partial charge in [-0.2, -0.15) is 0 Å². The molecule has 1 amide bonds. The molecule has 4 nitrogen and oxygen atoms in total. The first-order chi connectivity index (χ1) is 9.37. The van der Waals surface area contributed by atoms with Crippen LogP contribution in [0.5, 0.6) is 0 Å². The van der Waals surface area contributed by atoms with Gasteiger partial charge in [-0.05, 0) is 43.4 Å². The number of rotatable bonds is 3. The largest absolute Gasteiger partial charge is 0.352 e. The summed E-state index contributed by atoms with van der Waals surface area (Å²) in [4.78, 5) is 14.4. The Labute approximate surface area is 135 Å². The molecule has 0 spiro atoms. The van der Waals surface area contributed by atoms with E-state index in [0.717, 1.165) is 38.3 Å². The molecule has 2 rings (SSSR count). The minimum atomic E-state index is 0. The number of carbonyl (C=O) groups is 1. The van der Waals surface area contributed by atoms with E-state index in [1.54, 1.807) is 0 Å². The van der Waals surface area contributed by atoms with E-state index in [0.29, 0.717) is 12.6 Å². The Morgan fingerprint density at radius 2 is 1.86 bits per heavy atom. The number of amides is 1. The predicted molar refractivity (Wildman–Crippen MR) is 89.6 cm³/mol. The summed E-state index contributed by atoms with van der Waals surface area (Å²) < 4.78 is 0. The van der Waals surface area contributed by atoms with Crippen LogP contribution in [0.2, 0.25) is 0 Å². The van der Waals surface area contributed by atoms with Crippen molar-refractivity contribution in [2.24, 2.45) is 17.1 Å². The van der Waals surface area contributed by atoms with E-state index in [2.05, 4.69) is 31.0 Å². The fraction of sp³-hybridized carbons (Fsp3) is 0.938. The van der Waals surface area contributed by atoms with Crippen LogP contribution in [0.3, 0.4) is 0 Å². The fourth-order valence-corrected chi connectivity index (χ4v) is 3.50. The summed E-state index contributed by atoms with van der Waals surface area (Å²) in [6.45, 7) is 9.09. The first-order valence-electron chi connectivity index (χ1n) is 8.14. The van der Waals surface area contributed by atoms with Crippen LogP contribution >= 0.6 is 12.4 Å². The lowest BCUT2D eigenvalue weighted by Gasteiger charge is -2.42. The van der Waals surface area contributed by atoms with Gasteiger partial charge in [-0.1, -0.05) is 20.8 Å². The molecule has 1 saturated carbocycles. The maximum absolute atomic E-state index is 12.2. The zero-order chi connectivity index (χ0) is 14.8.